The van der Waals surface area contributed by atoms with E-state index in [0.717, 1.165) is 0 Å². The van der Waals surface area contributed by atoms with Crippen molar-refractivity contribution in [1.29, 1.82) is 0 Å². The summed E-state index contributed by atoms with van der Waals surface area (Å²) >= 11 is 0. The molecule has 0 atom stereocenters. The number of fused-ring (bicyclic) bond motifs is 1. The van der Waals surface area contributed by atoms with Gasteiger partial charge >= 0.3 is 0 Å². The molecule has 0 aliphatic heterocycles. The minimum atomic E-state index is 0. The van der Waals surface area contributed by atoms with E-state index < -0.39 is 0 Å². The first-order valence-electron chi connectivity index (χ1n) is 4.78. The summed E-state index contributed by atoms with van der Waals surface area (Å²) in [6.45, 7) is 4.39. The number of hydrogen-bond donors (Lipinski definition) is 0. The predicted octanol–water partition coefficient (Wildman–Crippen LogP) is 2.98. The Morgan fingerprint density at radius 1 is 1.08 bits per heavy atom. The van der Waals surface area contributed by atoms with Crippen molar-refractivity contribution in [1.82, 2.24) is 0 Å². The van der Waals surface area contributed by atoms with Crippen LogP contribution in [0, 0.1) is 19.9 Å². The van der Waals surface area contributed by atoms with Gasteiger partial charge in [0.05, 0.1) is 0 Å². The quantitative estimate of drug-likeness (QED) is 0.619. The molecule has 0 N–H and O–H groups in total. The number of aryl methyl sites for hydroxylation is 2. The molecule has 2 rings (SSSR count). The Kier molecular flexibility index (Phi) is 4.13. The summed E-state index contributed by atoms with van der Waals surface area (Å²) < 4.78 is 0. The number of rotatable bonds is 0. The van der Waals surface area contributed by atoms with Crippen molar-refractivity contribution in [2.75, 3.05) is 0 Å². The summed E-state index contributed by atoms with van der Waals surface area (Å²) in [6.07, 6.45) is 5.30. The fourth-order valence-electron chi connectivity index (χ4n) is 2.15. The molecule has 0 bridgehead atoms. The third kappa shape index (κ3) is 2.22. The maximum Gasteiger partial charge on any atom is 0 e. The SMILES string of the molecule is Cc1[c-]cc(C)c2c1CCCC2.[Y]. The van der Waals surface area contributed by atoms with Crippen LogP contribution in [0.3, 0.4) is 0 Å². The Labute approximate surface area is 106 Å². The zero-order chi connectivity index (χ0) is 8.55. The summed E-state index contributed by atoms with van der Waals surface area (Å²) in [4.78, 5) is 0. The first-order chi connectivity index (χ1) is 5.79. The van der Waals surface area contributed by atoms with Crippen LogP contribution < -0.4 is 0 Å². The number of hydrogen-bond acceptors (Lipinski definition) is 0. The van der Waals surface area contributed by atoms with Crippen molar-refractivity contribution in [3.63, 3.8) is 0 Å². The van der Waals surface area contributed by atoms with Crippen molar-refractivity contribution in [3.05, 3.63) is 34.4 Å². The van der Waals surface area contributed by atoms with Gasteiger partial charge in [-0.15, -0.1) is 5.56 Å². The summed E-state index contributed by atoms with van der Waals surface area (Å²) in [5.41, 5.74) is 6.00. The topological polar surface area (TPSA) is 0 Å². The molecule has 0 nitrogen and oxygen atoms in total. The summed E-state index contributed by atoms with van der Waals surface area (Å²) in [6, 6.07) is 5.47. The van der Waals surface area contributed by atoms with Gasteiger partial charge in [0.1, 0.15) is 0 Å². The molecule has 0 saturated heterocycles. The molecule has 1 aromatic carbocycles. The van der Waals surface area contributed by atoms with Crippen LogP contribution in [0.2, 0.25) is 0 Å². The van der Waals surface area contributed by atoms with Crippen LogP contribution in [0.25, 0.3) is 0 Å². The average molecular weight is 248 g/mol. The van der Waals surface area contributed by atoms with Gasteiger partial charge < -0.3 is 0 Å². The van der Waals surface area contributed by atoms with Crippen LogP contribution in [-0.4, -0.2) is 0 Å². The molecule has 0 fully saturated rings. The molecule has 0 unspecified atom stereocenters. The van der Waals surface area contributed by atoms with Crippen molar-refractivity contribution in [2.45, 2.75) is 39.5 Å². The predicted molar refractivity (Wildman–Crippen MR) is 51.4 cm³/mol. The maximum atomic E-state index is 3.33. The summed E-state index contributed by atoms with van der Waals surface area (Å²) in [5.74, 6) is 0. The molecular weight excluding hydrogens is 233 g/mol. The average Bonchev–Trinajstić information content (AvgIpc) is 2.12. The second-order valence-corrected chi connectivity index (χ2v) is 3.76. The number of benzene rings is 1. The molecule has 1 heteroatoms. The zero-order valence-electron chi connectivity index (χ0n) is 8.48. The van der Waals surface area contributed by atoms with Gasteiger partial charge in [-0.25, -0.2) is 0 Å². The van der Waals surface area contributed by atoms with Crippen LogP contribution in [0.15, 0.2) is 6.07 Å². The van der Waals surface area contributed by atoms with Gasteiger partial charge in [0.15, 0.2) is 0 Å². The van der Waals surface area contributed by atoms with Crippen LogP contribution in [0.4, 0.5) is 0 Å². The molecule has 1 aromatic rings. The maximum absolute atomic E-state index is 3.33. The Balaban J connectivity index is 0.000000845. The minimum Gasteiger partial charge on any atom is -0.180 e. The molecule has 0 heterocycles. The van der Waals surface area contributed by atoms with Gasteiger partial charge in [0.2, 0.25) is 0 Å². The minimum absolute atomic E-state index is 0. The molecule has 1 radical (unpaired) electrons. The summed E-state index contributed by atoms with van der Waals surface area (Å²) in [5, 5.41) is 0. The van der Waals surface area contributed by atoms with E-state index in [1.165, 1.54) is 36.8 Å². The van der Waals surface area contributed by atoms with E-state index in [-0.39, 0.29) is 32.7 Å². The summed E-state index contributed by atoms with van der Waals surface area (Å²) in [7, 11) is 0. The van der Waals surface area contributed by atoms with E-state index in [4.69, 9.17) is 0 Å². The van der Waals surface area contributed by atoms with E-state index in [1.807, 2.05) is 0 Å². The first kappa shape index (κ1) is 11.4. The molecule has 0 saturated carbocycles. The van der Waals surface area contributed by atoms with E-state index in [9.17, 15) is 0 Å². The standard InChI is InChI=1S/C12H15.Y/c1-9-7-8-10(2)12-6-4-3-5-11(9)12;/h7H,3-6H2,1-2H3;/q-1;. The molecule has 0 amide bonds. The van der Waals surface area contributed by atoms with Crippen molar-refractivity contribution < 1.29 is 32.7 Å². The van der Waals surface area contributed by atoms with Crippen LogP contribution in [0.5, 0.6) is 0 Å². The molecule has 67 valence electrons. The molecule has 1 aliphatic rings. The Morgan fingerprint density at radius 3 is 2.31 bits per heavy atom. The Bertz CT molecular complexity index is 271. The molecule has 0 spiro atoms. The third-order valence-corrected chi connectivity index (χ3v) is 2.90. The fourth-order valence-corrected chi connectivity index (χ4v) is 2.15. The molecule has 0 aromatic heterocycles. The van der Waals surface area contributed by atoms with Gasteiger partial charge in [-0.3, -0.25) is 0 Å². The monoisotopic (exact) mass is 248 g/mol. The van der Waals surface area contributed by atoms with Gasteiger partial charge in [-0.2, -0.15) is 28.8 Å². The van der Waals surface area contributed by atoms with Crippen LogP contribution in [0.1, 0.15) is 35.1 Å². The normalized spacial score (nSPS) is 14.6. The first-order valence-corrected chi connectivity index (χ1v) is 4.78. The third-order valence-electron chi connectivity index (χ3n) is 2.90. The second kappa shape index (κ2) is 4.71. The van der Waals surface area contributed by atoms with E-state index in [0.29, 0.717) is 0 Å². The van der Waals surface area contributed by atoms with E-state index in [2.05, 4.69) is 26.0 Å². The molecular formula is C12H15Y-. The smallest absolute Gasteiger partial charge is 0 e. The van der Waals surface area contributed by atoms with E-state index >= 15 is 0 Å². The van der Waals surface area contributed by atoms with Crippen molar-refractivity contribution in [3.8, 4) is 0 Å². The van der Waals surface area contributed by atoms with Crippen LogP contribution >= 0.6 is 0 Å². The van der Waals surface area contributed by atoms with E-state index in [1.54, 1.807) is 11.1 Å². The fraction of sp³-hybridized carbons (Fsp3) is 0.500. The van der Waals surface area contributed by atoms with Crippen molar-refractivity contribution >= 4 is 0 Å². The van der Waals surface area contributed by atoms with Gasteiger partial charge in [0.25, 0.3) is 0 Å². The molecule has 13 heavy (non-hydrogen) atoms. The Morgan fingerprint density at radius 2 is 1.69 bits per heavy atom. The zero-order valence-corrected chi connectivity index (χ0v) is 11.3. The van der Waals surface area contributed by atoms with Crippen molar-refractivity contribution in [2.24, 2.45) is 0 Å². The Hall–Kier alpha value is 0.324. The van der Waals surface area contributed by atoms with Gasteiger partial charge in [-0.1, -0.05) is 39.5 Å². The van der Waals surface area contributed by atoms with Crippen LogP contribution in [-0.2, 0) is 45.6 Å². The van der Waals surface area contributed by atoms with Gasteiger partial charge in [-0.05, 0) is 0 Å². The molecule has 1 aliphatic carbocycles. The second-order valence-electron chi connectivity index (χ2n) is 3.76. The van der Waals surface area contributed by atoms with Gasteiger partial charge in [0, 0.05) is 32.7 Å². The largest absolute Gasteiger partial charge is 0.180 e.